The van der Waals surface area contributed by atoms with Crippen molar-refractivity contribution in [2.75, 3.05) is 18.0 Å². The molecule has 0 bridgehead atoms. The van der Waals surface area contributed by atoms with E-state index in [-0.39, 0.29) is 24.1 Å². The van der Waals surface area contributed by atoms with Crippen molar-refractivity contribution in [3.05, 3.63) is 64.8 Å². The van der Waals surface area contributed by atoms with E-state index in [0.717, 1.165) is 27.8 Å². The first kappa shape index (κ1) is 23.8. The summed E-state index contributed by atoms with van der Waals surface area (Å²) in [4.78, 5) is 30.2. The summed E-state index contributed by atoms with van der Waals surface area (Å²) in [6, 6.07) is 17.7. The number of halogens is 1. The van der Waals surface area contributed by atoms with Crippen LogP contribution in [0.2, 0.25) is 5.02 Å². The average Bonchev–Trinajstić information content (AvgIpc) is 3.29. The number of aromatic nitrogens is 1. The first-order chi connectivity index (χ1) is 17.9. The third-order valence-corrected chi connectivity index (χ3v) is 8.19. The highest BCUT2D eigenvalue weighted by molar-refractivity contribution is 6.31. The molecule has 1 aromatic heterocycles. The minimum absolute atomic E-state index is 0.00132. The summed E-state index contributed by atoms with van der Waals surface area (Å²) in [5.74, 6) is 0.00341. The number of benzene rings is 2. The number of unbranched alkanes of at least 4 members (excludes halogenated alkanes) is 1. The van der Waals surface area contributed by atoms with Crippen LogP contribution in [0.4, 0.5) is 10.5 Å². The number of nitriles is 1. The van der Waals surface area contributed by atoms with E-state index in [9.17, 15) is 14.7 Å². The van der Waals surface area contributed by atoms with Crippen LogP contribution < -0.4 is 10.2 Å². The van der Waals surface area contributed by atoms with Crippen molar-refractivity contribution in [1.29, 1.82) is 5.26 Å². The molecule has 2 N–H and O–H groups in total. The minimum Gasteiger partial charge on any atom is -0.393 e. The Morgan fingerprint density at radius 2 is 1.97 bits per heavy atom. The number of aliphatic hydroxyl groups is 1. The molecule has 1 aliphatic carbocycles. The number of para-hydroxylation sites is 1. The zero-order valence-electron chi connectivity index (χ0n) is 20.4. The number of hydrogen-bond donors (Lipinski definition) is 2. The molecule has 1 spiro atoms. The maximum Gasteiger partial charge on any atom is 0.317 e. The molecule has 1 saturated heterocycles. The van der Waals surface area contributed by atoms with Gasteiger partial charge in [0.15, 0.2) is 0 Å². The van der Waals surface area contributed by atoms with Gasteiger partial charge in [0.05, 0.1) is 18.7 Å². The Hall–Kier alpha value is -3.54. The van der Waals surface area contributed by atoms with Crippen LogP contribution in [0.5, 0.6) is 0 Å². The van der Waals surface area contributed by atoms with E-state index in [1.807, 2.05) is 47.4 Å². The van der Waals surface area contributed by atoms with Gasteiger partial charge in [0.25, 0.3) is 0 Å². The van der Waals surface area contributed by atoms with Crippen LogP contribution in [-0.4, -0.2) is 51.7 Å². The van der Waals surface area contributed by atoms with Crippen LogP contribution in [0.25, 0.3) is 10.9 Å². The van der Waals surface area contributed by atoms with Crippen LogP contribution in [0.15, 0.2) is 48.5 Å². The molecule has 3 amide bonds. The van der Waals surface area contributed by atoms with Crippen molar-refractivity contribution in [3.63, 3.8) is 0 Å². The zero-order valence-corrected chi connectivity index (χ0v) is 21.1. The average molecular weight is 518 g/mol. The van der Waals surface area contributed by atoms with Crippen molar-refractivity contribution < 1.29 is 14.7 Å². The molecular weight excluding hydrogens is 490 g/mol. The zero-order chi connectivity index (χ0) is 25.7. The highest BCUT2D eigenvalue weighted by Gasteiger charge is 2.59. The van der Waals surface area contributed by atoms with Crippen molar-refractivity contribution in [2.45, 2.75) is 56.3 Å². The molecule has 37 heavy (non-hydrogen) atoms. The molecule has 6 rings (SSSR count). The Labute approximate surface area is 220 Å². The maximum absolute atomic E-state index is 14.0. The van der Waals surface area contributed by atoms with Crippen LogP contribution in [0.1, 0.15) is 36.9 Å². The first-order valence-corrected chi connectivity index (χ1v) is 13.1. The summed E-state index contributed by atoms with van der Waals surface area (Å²) in [5.41, 5.74) is 3.10. The van der Waals surface area contributed by atoms with Gasteiger partial charge in [0.1, 0.15) is 5.41 Å². The molecular formula is C28H28ClN5O3. The summed E-state index contributed by atoms with van der Waals surface area (Å²) >= 11 is 6.26. The highest BCUT2D eigenvalue weighted by atomic mass is 35.5. The van der Waals surface area contributed by atoms with Gasteiger partial charge >= 0.3 is 6.03 Å². The number of carbonyl (C=O) groups is 2. The summed E-state index contributed by atoms with van der Waals surface area (Å²) < 4.78 is 2.18. The number of aliphatic hydroxyl groups excluding tert-OH is 1. The van der Waals surface area contributed by atoms with Crippen molar-refractivity contribution in [1.82, 2.24) is 14.8 Å². The van der Waals surface area contributed by atoms with Gasteiger partial charge in [-0.1, -0.05) is 29.8 Å². The van der Waals surface area contributed by atoms with E-state index in [4.69, 9.17) is 16.9 Å². The second kappa shape index (κ2) is 9.09. The first-order valence-electron chi connectivity index (χ1n) is 12.7. The van der Waals surface area contributed by atoms with E-state index in [2.05, 4.69) is 22.0 Å². The van der Waals surface area contributed by atoms with Crippen molar-refractivity contribution >= 4 is 40.1 Å². The highest BCUT2D eigenvalue weighted by Crippen LogP contribution is 2.48. The fourth-order valence-corrected chi connectivity index (χ4v) is 6.13. The molecule has 2 fully saturated rings. The summed E-state index contributed by atoms with van der Waals surface area (Å²) in [5, 5.41) is 23.2. The van der Waals surface area contributed by atoms with Gasteiger partial charge in [-0.2, -0.15) is 5.26 Å². The van der Waals surface area contributed by atoms with Crippen LogP contribution in [-0.2, 0) is 23.3 Å². The van der Waals surface area contributed by atoms with Crippen LogP contribution >= 0.6 is 11.6 Å². The number of amides is 3. The summed E-state index contributed by atoms with van der Waals surface area (Å²) in [6.45, 7) is 1.73. The molecule has 0 radical (unpaired) electrons. The second-order valence-electron chi connectivity index (χ2n) is 10.4. The molecule has 1 saturated carbocycles. The number of carbonyl (C=O) groups excluding carboxylic acids is 2. The number of likely N-dealkylation sites (tertiary alicyclic amines) is 1. The fraction of sp³-hybridized carbons (Fsp3) is 0.393. The number of urea groups is 1. The van der Waals surface area contributed by atoms with Gasteiger partial charge in [-0.15, -0.1) is 0 Å². The Bertz CT molecular complexity index is 1430. The van der Waals surface area contributed by atoms with E-state index < -0.39 is 5.41 Å². The number of anilines is 1. The van der Waals surface area contributed by atoms with Crippen molar-refractivity contribution in [2.24, 2.45) is 0 Å². The molecule has 9 heteroatoms. The van der Waals surface area contributed by atoms with Crippen LogP contribution in [0.3, 0.4) is 0 Å². The quantitative estimate of drug-likeness (QED) is 0.484. The molecule has 3 heterocycles. The standard InChI is InChI=1S/C28H28ClN5O3/c29-19-7-8-24-18(11-19)12-21(33(24)10-4-3-9-30)15-34-25-6-2-1-5-23(25)28(26(34)36)16-32(17-28)27(37)31-20-13-22(35)14-20/h1-2,5-8,11-12,20,22,35H,3-4,10,13-17H2,(H,31,37)/t20-,22+. The Balaban J connectivity index is 1.27. The van der Waals surface area contributed by atoms with E-state index in [1.165, 1.54) is 0 Å². The maximum atomic E-state index is 14.0. The number of hydrogen-bond acceptors (Lipinski definition) is 4. The lowest BCUT2D eigenvalue weighted by atomic mass is 9.74. The van der Waals surface area contributed by atoms with E-state index >= 15 is 0 Å². The molecule has 2 aliphatic heterocycles. The second-order valence-corrected chi connectivity index (χ2v) is 10.8. The number of nitrogens with zero attached hydrogens (tertiary/aromatic N) is 4. The lowest BCUT2D eigenvalue weighted by Gasteiger charge is -2.47. The van der Waals surface area contributed by atoms with Gasteiger partial charge in [0.2, 0.25) is 5.91 Å². The lowest BCUT2D eigenvalue weighted by molar-refractivity contribution is -0.128. The SMILES string of the molecule is N#CCCCn1c(CN2C(=O)C3(CN(C(=O)N[C@H]4C[C@@H](O)C4)C3)c3ccccc32)cc2cc(Cl)ccc21. The van der Waals surface area contributed by atoms with Gasteiger partial charge in [-0.05, 0) is 55.2 Å². The van der Waals surface area contributed by atoms with E-state index in [0.29, 0.717) is 56.9 Å². The van der Waals surface area contributed by atoms with Crippen molar-refractivity contribution in [3.8, 4) is 6.07 Å². The van der Waals surface area contributed by atoms with Gasteiger partial charge in [-0.3, -0.25) is 4.79 Å². The van der Waals surface area contributed by atoms with E-state index in [1.54, 1.807) is 4.90 Å². The molecule has 8 nitrogen and oxygen atoms in total. The van der Waals surface area contributed by atoms with Gasteiger partial charge < -0.3 is 24.8 Å². The summed E-state index contributed by atoms with van der Waals surface area (Å²) in [7, 11) is 0. The third-order valence-electron chi connectivity index (χ3n) is 7.95. The predicted octanol–water partition coefficient (Wildman–Crippen LogP) is 3.93. The fourth-order valence-electron chi connectivity index (χ4n) is 5.95. The Morgan fingerprint density at radius 3 is 2.73 bits per heavy atom. The number of rotatable bonds is 6. The minimum atomic E-state index is -0.742. The number of nitrogens with one attached hydrogen (secondary N) is 1. The molecule has 0 atom stereocenters. The van der Waals surface area contributed by atoms with Gasteiger partial charge in [-0.25, -0.2) is 4.79 Å². The Kier molecular flexibility index (Phi) is 5.85. The normalized spacial score (nSPS) is 21.5. The summed E-state index contributed by atoms with van der Waals surface area (Å²) in [6.07, 6.45) is 1.99. The predicted molar refractivity (Wildman–Crippen MR) is 140 cm³/mol. The topological polar surface area (TPSA) is 102 Å². The number of aryl methyl sites for hydroxylation is 1. The molecule has 0 unspecified atom stereocenters. The molecule has 190 valence electrons. The van der Waals surface area contributed by atoms with Crippen LogP contribution in [0, 0.1) is 11.3 Å². The monoisotopic (exact) mass is 517 g/mol. The molecule has 3 aliphatic rings. The lowest BCUT2D eigenvalue weighted by Crippen LogP contribution is -2.67. The largest absolute Gasteiger partial charge is 0.393 e. The molecule has 2 aromatic carbocycles. The number of fused-ring (bicyclic) bond motifs is 3. The third kappa shape index (κ3) is 3.94. The van der Waals surface area contributed by atoms with Gasteiger partial charge in [0, 0.05) is 59.4 Å². The smallest absolute Gasteiger partial charge is 0.317 e. The molecule has 3 aromatic rings. The Morgan fingerprint density at radius 1 is 1.19 bits per heavy atom.